The van der Waals surface area contributed by atoms with Crippen LogP contribution in [-0.4, -0.2) is 50.1 Å². The third-order valence-electron chi connectivity index (χ3n) is 2.61. The standard InChI is InChI=1S/2C9H20N2.2CHO.Ru/c2*1-6-9(10-7(2)3)11-8(4)5;2*1-2;/h2*7-9H,6H2,1-5H3;2*1H;/q2*-2;2*-1;+6. The first kappa shape index (κ1) is 37.5. The van der Waals surface area contributed by atoms with E-state index in [4.69, 9.17) is 9.59 Å². The van der Waals surface area contributed by atoms with Gasteiger partial charge in [-0.25, -0.2) is 12.3 Å². The first-order chi connectivity index (χ1) is 12.1. The molecule has 0 aliphatic heterocycles. The average Bonchev–Trinajstić information content (AvgIpc) is 2.56. The monoisotopic (exact) mass is 472 g/mol. The van der Waals surface area contributed by atoms with Gasteiger partial charge in [0.05, 0.1) is 0 Å². The average molecular weight is 472 g/mol. The summed E-state index contributed by atoms with van der Waals surface area (Å²) in [6.07, 6.45) is 2.48. The zero-order chi connectivity index (χ0) is 21.7. The third-order valence-corrected chi connectivity index (χ3v) is 2.61. The van der Waals surface area contributed by atoms with E-state index >= 15 is 0 Å². The Morgan fingerprint density at radius 3 is 0.741 bits per heavy atom. The molecule has 0 heterocycles. The second-order valence-corrected chi connectivity index (χ2v) is 6.75. The van der Waals surface area contributed by atoms with Gasteiger partial charge in [0.25, 0.3) is 0 Å². The van der Waals surface area contributed by atoms with Gasteiger partial charge in [-0.1, -0.05) is 82.1 Å². The predicted molar refractivity (Wildman–Crippen MR) is 116 cm³/mol. The Balaban J connectivity index is -0.0000000975. The van der Waals surface area contributed by atoms with Crippen LogP contribution >= 0.6 is 0 Å². The van der Waals surface area contributed by atoms with Gasteiger partial charge in [0, 0.05) is 0 Å². The molecule has 0 atom stereocenters. The molecule has 0 bridgehead atoms. The molecule has 0 N–H and O–H groups in total. The van der Waals surface area contributed by atoms with E-state index in [0.717, 1.165) is 12.8 Å². The normalized spacial score (nSPS) is 10.1. The fraction of sp³-hybridized carbons (Fsp3) is 0.900. The van der Waals surface area contributed by atoms with Crippen LogP contribution in [0.2, 0.25) is 0 Å². The van der Waals surface area contributed by atoms with Crippen molar-refractivity contribution in [3.8, 4) is 0 Å². The predicted octanol–water partition coefficient (Wildman–Crippen LogP) is 6.02. The minimum atomic E-state index is 0. The van der Waals surface area contributed by atoms with Crippen molar-refractivity contribution in [2.45, 2.75) is 119 Å². The van der Waals surface area contributed by atoms with Gasteiger partial charge in [0.1, 0.15) is 0 Å². The van der Waals surface area contributed by atoms with Crippen molar-refractivity contribution in [1.82, 2.24) is 0 Å². The van der Waals surface area contributed by atoms with Crippen LogP contribution in [0.1, 0.15) is 82.1 Å². The molecule has 0 radical (unpaired) electrons. The summed E-state index contributed by atoms with van der Waals surface area (Å²) in [4.78, 5) is 15.5. The van der Waals surface area contributed by atoms with Gasteiger partial charge in [0.2, 0.25) is 0 Å². The van der Waals surface area contributed by atoms with Crippen molar-refractivity contribution in [2.24, 2.45) is 0 Å². The van der Waals surface area contributed by atoms with Gasteiger partial charge in [0.15, 0.2) is 0 Å². The molecule has 0 fully saturated rings. The van der Waals surface area contributed by atoms with Gasteiger partial charge in [-0.2, -0.15) is 0 Å². The van der Waals surface area contributed by atoms with Crippen molar-refractivity contribution in [3.05, 3.63) is 21.3 Å². The molecule has 27 heavy (non-hydrogen) atoms. The van der Waals surface area contributed by atoms with Gasteiger partial charge in [-0.05, 0) is 0 Å². The molecular weight excluding hydrogens is 429 g/mol. The van der Waals surface area contributed by atoms with Gasteiger partial charge in [-0.15, -0.1) is 24.2 Å². The summed E-state index contributed by atoms with van der Waals surface area (Å²) < 4.78 is 0. The molecule has 0 aromatic heterocycles. The van der Waals surface area contributed by atoms with E-state index in [1.165, 1.54) is 0 Å². The van der Waals surface area contributed by atoms with Crippen LogP contribution in [0.4, 0.5) is 0 Å². The van der Waals surface area contributed by atoms with Crippen LogP contribution in [0.3, 0.4) is 0 Å². The molecule has 0 aliphatic rings. The third kappa shape index (κ3) is 37.3. The molecule has 6 nitrogen and oxygen atoms in total. The molecule has 0 spiro atoms. The summed E-state index contributed by atoms with van der Waals surface area (Å²) in [5.74, 6) is 0. The molecule has 7 heteroatoms. The molecule has 0 amide bonds. The first-order valence-corrected chi connectivity index (χ1v) is 9.39. The number of hydrogen-bond acceptors (Lipinski definition) is 2. The Bertz CT molecular complexity index is 222. The number of nitrogens with zero attached hydrogens (tertiary/aromatic N) is 4. The molecule has 0 unspecified atom stereocenters. The van der Waals surface area contributed by atoms with Crippen LogP contribution in [0.15, 0.2) is 0 Å². The van der Waals surface area contributed by atoms with Crippen molar-refractivity contribution < 1.29 is 29.1 Å². The Morgan fingerprint density at radius 2 is 0.667 bits per heavy atom. The molecule has 0 aromatic carbocycles. The van der Waals surface area contributed by atoms with E-state index in [9.17, 15) is 0 Å². The van der Waals surface area contributed by atoms with Gasteiger partial charge < -0.3 is 30.9 Å². The Kier molecular flexibility index (Phi) is 39.0. The smallest absolute Gasteiger partial charge is 0.676 e. The molecular formula is C20H42N4O2Ru. The summed E-state index contributed by atoms with van der Waals surface area (Å²) in [6, 6.07) is 1.62. The summed E-state index contributed by atoms with van der Waals surface area (Å²) >= 11 is 0. The largest absolute Gasteiger partial charge is 6.00 e. The zero-order valence-electron chi connectivity index (χ0n) is 19.0. The van der Waals surface area contributed by atoms with Crippen LogP contribution in [0.5, 0.6) is 0 Å². The van der Waals surface area contributed by atoms with Crippen LogP contribution in [-0.2, 0) is 29.1 Å². The SMILES string of the molecule is CCC([N-]C(C)C)[N-]C(C)C.CCC([N-]C(C)C)[N-]C(C)C.[CH-]=O.[CH-]=O.[Ru+6]. The number of carbonyl (C=O) groups excluding carboxylic acids is 2. The summed E-state index contributed by atoms with van der Waals surface area (Å²) in [7, 11) is 0. The fourth-order valence-electron chi connectivity index (χ4n) is 1.88. The minimum absolute atomic E-state index is 0. The van der Waals surface area contributed by atoms with E-state index in [2.05, 4.69) is 104 Å². The van der Waals surface area contributed by atoms with Crippen molar-refractivity contribution >= 4 is 13.6 Å². The summed E-state index contributed by atoms with van der Waals surface area (Å²) in [6.45, 7) is 27.5. The Labute approximate surface area is 182 Å². The van der Waals surface area contributed by atoms with Crippen LogP contribution in [0.25, 0.3) is 21.3 Å². The Morgan fingerprint density at radius 1 is 0.519 bits per heavy atom. The van der Waals surface area contributed by atoms with Gasteiger partial charge in [-0.3, -0.25) is 13.6 Å². The van der Waals surface area contributed by atoms with E-state index in [1.807, 2.05) is 0 Å². The quantitative estimate of drug-likeness (QED) is 0.221. The second kappa shape index (κ2) is 28.0. The molecule has 0 saturated heterocycles. The molecule has 0 aromatic rings. The maximum Gasteiger partial charge on any atom is 6.00 e. The van der Waals surface area contributed by atoms with Crippen molar-refractivity contribution in [1.29, 1.82) is 0 Å². The van der Waals surface area contributed by atoms with E-state index in [0.29, 0.717) is 24.2 Å². The number of rotatable bonds is 10. The van der Waals surface area contributed by atoms with E-state index in [-0.39, 0.29) is 31.8 Å². The van der Waals surface area contributed by atoms with E-state index < -0.39 is 0 Å². The molecule has 162 valence electrons. The van der Waals surface area contributed by atoms with Crippen LogP contribution < -0.4 is 0 Å². The molecule has 0 rings (SSSR count). The van der Waals surface area contributed by atoms with E-state index in [1.54, 1.807) is 0 Å². The van der Waals surface area contributed by atoms with Gasteiger partial charge >= 0.3 is 19.5 Å². The number of hydrogen-bond donors (Lipinski definition) is 0. The Hall–Kier alpha value is -0.197. The first-order valence-electron chi connectivity index (χ1n) is 9.39. The molecule has 0 saturated carbocycles. The second-order valence-electron chi connectivity index (χ2n) is 6.75. The minimum Gasteiger partial charge on any atom is -0.676 e. The maximum atomic E-state index is 7.75. The fourth-order valence-corrected chi connectivity index (χ4v) is 1.88. The zero-order valence-corrected chi connectivity index (χ0v) is 20.7. The van der Waals surface area contributed by atoms with Crippen LogP contribution in [0, 0.1) is 0 Å². The summed E-state index contributed by atoms with van der Waals surface area (Å²) in [5, 5.41) is 17.9. The topological polar surface area (TPSA) is 90.5 Å². The molecule has 0 aliphatic carbocycles. The van der Waals surface area contributed by atoms with Crippen molar-refractivity contribution in [2.75, 3.05) is 0 Å². The summed E-state index contributed by atoms with van der Waals surface area (Å²) in [5.41, 5.74) is 0. The van der Waals surface area contributed by atoms with Crippen molar-refractivity contribution in [3.63, 3.8) is 0 Å². The maximum absolute atomic E-state index is 7.75.